The van der Waals surface area contributed by atoms with Crippen molar-refractivity contribution in [3.63, 3.8) is 0 Å². The van der Waals surface area contributed by atoms with Gasteiger partial charge < -0.3 is 31.9 Å². The molecule has 10 heteroatoms. The first-order valence-corrected chi connectivity index (χ1v) is 10.1. The van der Waals surface area contributed by atoms with Crippen LogP contribution >= 0.6 is 0 Å². The Hall–Kier alpha value is -3.37. The molecular weight excluding hydrogens is 418 g/mol. The molecular formula is C22H25N3O7. The largest absolute Gasteiger partial charge is 0.511 e. The average molecular weight is 443 g/mol. The molecule has 1 aromatic carbocycles. The monoisotopic (exact) mass is 443 g/mol. The quantitative estimate of drug-likeness (QED) is 0.210. The highest BCUT2D eigenvalue weighted by Gasteiger charge is 2.59. The molecule has 3 unspecified atom stereocenters. The maximum atomic E-state index is 13.4. The third kappa shape index (κ3) is 2.63. The zero-order valence-electron chi connectivity index (χ0n) is 17.7. The number of Topliss-reactive ketones (excluding diaryl/α,β-unsaturated/α-hetero) is 2. The number of likely N-dealkylation sites (N-methyl/N-ethyl adjacent to an activating group) is 1. The number of phenolic OH excluding ortho intramolecular Hbond substituents is 1. The topological polar surface area (TPSA) is 187 Å². The van der Waals surface area contributed by atoms with Crippen LogP contribution < -0.4 is 11.5 Å². The molecule has 0 bridgehead atoms. The zero-order valence-corrected chi connectivity index (χ0v) is 17.7. The van der Waals surface area contributed by atoms with Crippen molar-refractivity contribution in [1.29, 1.82) is 0 Å². The molecule has 32 heavy (non-hydrogen) atoms. The molecule has 1 amide bonds. The smallest absolute Gasteiger partial charge is 0.255 e. The van der Waals surface area contributed by atoms with Crippen molar-refractivity contribution >= 4 is 23.2 Å². The fraction of sp³-hybridized carbons (Fsp3) is 0.409. The van der Waals surface area contributed by atoms with Gasteiger partial charge in [-0.3, -0.25) is 19.3 Å². The predicted molar refractivity (Wildman–Crippen MR) is 113 cm³/mol. The summed E-state index contributed by atoms with van der Waals surface area (Å²) in [5.41, 5.74) is 10.5. The third-order valence-electron chi connectivity index (χ3n) is 7.03. The Kier molecular flexibility index (Phi) is 4.83. The van der Waals surface area contributed by atoms with E-state index in [1.165, 1.54) is 11.0 Å². The van der Waals surface area contributed by atoms with Gasteiger partial charge in [0.15, 0.2) is 11.6 Å². The molecule has 1 aromatic rings. The minimum absolute atomic E-state index is 0.0256. The molecule has 0 fully saturated rings. The lowest BCUT2D eigenvalue weighted by Crippen LogP contribution is -2.59. The van der Waals surface area contributed by atoms with Gasteiger partial charge in [-0.2, -0.15) is 0 Å². The minimum Gasteiger partial charge on any atom is -0.511 e. The third-order valence-corrected chi connectivity index (χ3v) is 7.03. The van der Waals surface area contributed by atoms with Gasteiger partial charge in [-0.15, -0.1) is 0 Å². The molecule has 6 atom stereocenters. The number of aromatic hydroxyl groups is 1. The molecule has 3 aliphatic rings. The number of rotatable bonds is 2. The summed E-state index contributed by atoms with van der Waals surface area (Å²) in [6, 6.07) is 2.02. The number of primary amides is 1. The highest BCUT2D eigenvalue weighted by Crippen LogP contribution is 2.54. The molecule has 8 N–H and O–H groups in total. The van der Waals surface area contributed by atoms with Gasteiger partial charge in [0.25, 0.3) is 5.91 Å². The van der Waals surface area contributed by atoms with Crippen LogP contribution in [-0.4, -0.2) is 69.0 Å². The number of ketones is 2. The van der Waals surface area contributed by atoms with Gasteiger partial charge in [0, 0.05) is 17.4 Å². The number of anilines is 1. The van der Waals surface area contributed by atoms with Crippen LogP contribution in [0.1, 0.15) is 28.8 Å². The van der Waals surface area contributed by atoms with Gasteiger partial charge in [-0.1, -0.05) is 13.0 Å². The van der Waals surface area contributed by atoms with Crippen LogP contribution in [0.5, 0.6) is 5.75 Å². The number of benzene rings is 1. The predicted octanol–water partition coefficient (Wildman–Crippen LogP) is 0.120. The van der Waals surface area contributed by atoms with E-state index in [1.54, 1.807) is 27.1 Å². The summed E-state index contributed by atoms with van der Waals surface area (Å²) in [6.07, 6.45) is -1.34. The van der Waals surface area contributed by atoms with E-state index in [9.17, 15) is 34.8 Å². The number of phenols is 1. The molecule has 0 aromatic heterocycles. The van der Waals surface area contributed by atoms with E-state index in [4.69, 9.17) is 11.5 Å². The van der Waals surface area contributed by atoms with Crippen molar-refractivity contribution in [1.82, 2.24) is 4.90 Å². The second-order valence-corrected chi connectivity index (χ2v) is 8.85. The van der Waals surface area contributed by atoms with E-state index >= 15 is 0 Å². The molecule has 0 radical (unpaired) electrons. The number of carbonyl (C=O) groups excluding carboxylic acids is 3. The van der Waals surface area contributed by atoms with Gasteiger partial charge in [0.2, 0.25) is 0 Å². The molecule has 10 nitrogen and oxygen atoms in total. The number of allylic oxidation sites excluding steroid dienone is 1. The Morgan fingerprint density at radius 3 is 2.28 bits per heavy atom. The summed E-state index contributed by atoms with van der Waals surface area (Å²) in [6.45, 7) is 1.72. The molecule has 170 valence electrons. The van der Waals surface area contributed by atoms with Gasteiger partial charge in [-0.25, -0.2) is 0 Å². The fourth-order valence-corrected chi connectivity index (χ4v) is 5.63. The first-order chi connectivity index (χ1) is 14.9. The van der Waals surface area contributed by atoms with Crippen molar-refractivity contribution in [3.8, 4) is 5.75 Å². The van der Waals surface area contributed by atoms with Crippen LogP contribution in [0.2, 0.25) is 0 Å². The van der Waals surface area contributed by atoms with E-state index in [0.29, 0.717) is 5.56 Å². The van der Waals surface area contributed by atoms with Crippen molar-refractivity contribution in [2.45, 2.75) is 25.0 Å². The Labute approximate surface area is 183 Å². The SMILES string of the molecule is C[C@H]1c2ccc(N)c(O)c2C(=O)C2=C(O)C3C(=O)C(C(N)=O)=C(O)[C@@H](N(C)C)C3[C@@H](O)C21. The maximum absolute atomic E-state index is 13.4. The van der Waals surface area contributed by atoms with Gasteiger partial charge in [-0.05, 0) is 31.6 Å². The summed E-state index contributed by atoms with van der Waals surface area (Å²) in [5, 5.41) is 43.8. The molecule has 3 aliphatic carbocycles. The molecule has 0 saturated carbocycles. The maximum Gasteiger partial charge on any atom is 0.255 e. The number of amides is 1. The van der Waals surface area contributed by atoms with Crippen molar-refractivity contribution < 1.29 is 34.8 Å². The minimum atomic E-state index is -1.47. The first kappa shape index (κ1) is 21.8. The number of hydrogen-bond donors (Lipinski definition) is 6. The molecule has 0 spiro atoms. The lowest BCUT2D eigenvalue weighted by atomic mass is 9.57. The lowest BCUT2D eigenvalue weighted by molar-refractivity contribution is -0.131. The number of carbonyl (C=O) groups is 3. The highest BCUT2D eigenvalue weighted by molar-refractivity contribution is 6.22. The molecule has 0 aliphatic heterocycles. The van der Waals surface area contributed by atoms with E-state index in [1.807, 2.05) is 0 Å². The Morgan fingerprint density at radius 2 is 1.72 bits per heavy atom. The van der Waals surface area contributed by atoms with Crippen molar-refractivity contribution in [2.75, 3.05) is 19.8 Å². The lowest BCUT2D eigenvalue weighted by Gasteiger charge is -2.50. The van der Waals surface area contributed by atoms with Crippen LogP contribution in [0, 0.1) is 17.8 Å². The average Bonchev–Trinajstić information content (AvgIpc) is 2.69. The number of aliphatic hydroxyl groups excluding tert-OH is 3. The standard InChI is InChI=1S/C22H25N3O7/c1-6-7-4-5-8(23)16(26)10(7)18(28)12-9(6)17(27)11-13(19(12)29)20(30)14(22(24)32)21(31)15(11)25(2)3/h4-6,9,11,13,15,17,26-27,29,31H,23H2,1-3H3,(H2,24,32)/t6-,9?,11?,13?,15-,17-/m0/s1. The summed E-state index contributed by atoms with van der Waals surface area (Å²) >= 11 is 0. The van der Waals surface area contributed by atoms with Crippen LogP contribution in [-0.2, 0) is 9.59 Å². The van der Waals surface area contributed by atoms with Crippen LogP contribution in [0.3, 0.4) is 0 Å². The zero-order chi connectivity index (χ0) is 23.8. The number of nitrogens with zero attached hydrogens (tertiary/aromatic N) is 1. The van der Waals surface area contributed by atoms with Crippen molar-refractivity contribution in [2.24, 2.45) is 23.5 Å². The van der Waals surface area contributed by atoms with Crippen LogP contribution in [0.15, 0.2) is 34.8 Å². The van der Waals surface area contributed by atoms with Crippen LogP contribution in [0.25, 0.3) is 0 Å². The van der Waals surface area contributed by atoms with Gasteiger partial charge in [0.1, 0.15) is 22.8 Å². The number of hydrogen-bond acceptors (Lipinski definition) is 9. The summed E-state index contributed by atoms with van der Waals surface area (Å²) in [5.74, 6) is -8.49. The normalized spacial score (nSPS) is 32.0. The van der Waals surface area contributed by atoms with Crippen LogP contribution in [0.4, 0.5) is 5.69 Å². The second kappa shape index (κ2) is 7.07. The van der Waals surface area contributed by atoms with Gasteiger partial charge in [0.05, 0.1) is 29.3 Å². The number of nitrogen functional groups attached to an aromatic ring is 1. The summed E-state index contributed by atoms with van der Waals surface area (Å²) < 4.78 is 0. The van der Waals surface area contributed by atoms with E-state index in [2.05, 4.69) is 0 Å². The number of aliphatic hydroxyl groups is 3. The van der Waals surface area contributed by atoms with Crippen molar-refractivity contribution in [3.05, 3.63) is 45.9 Å². The molecule has 4 rings (SSSR count). The molecule has 0 saturated heterocycles. The summed E-state index contributed by atoms with van der Waals surface area (Å²) in [7, 11) is 3.17. The second-order valence-electron chi connectivity index (χ2n) is 8.85. The Morgan fingerprint density at radius 1 is 1.09 bits per heavy atom. The van der Waals surface area contributed by atoms with E-state index < -0.39 is 76.1 Å². The number of fused-ring (bicyclic) bond motifs is 3. The van der Waals surface area contributed by atoms with E-state index in [0.717, 1.165) is 0 Å². The summed E-state index contributed by atoms with van der Waals surface area (Å²) in [4.78, 5) is 40.0. The van der Waals surface area contributed by atoms with E-state index in [-0.39, 0.29) is 16.8 Å². The first-order valence-electron chi connectivity index (χ1n) is 10.1. The highest BCUT2D eigenvalue weighted by atomic mass is 16.3. The fourth-order valence-electron chi connectivity index (χ4n) is 5.63. The molecule has 0 heterocycles. The Balaban J connectivity index is 2.00. The number of nitrogens with two attached hydrogens (primary N) is 2. The van der Waals surface area contributed by atoms with Gasteiger partial charge >= 0.3 is 0 Å². The Bertz CT molecular complexity index is 1140.